The van der Waals surface area contributed by atoms with E-state index in [1.54, 1.807) is 42.6 Å². The lowest BCUT2D eigenvalue weighted by Crippen LogP contribution is -2.31. The van der Waals surface area contributed by atoms with E-state index in [-0.39, 0.29) is 5.91 Å². The number of fused-ring (bicyclic) bond motifs is 1. The average molecular weight is 498 g/mol. The largest absolute Gasteiger partial charge is 0.491 e. The first-order chi connectivity index (χ1) is 17.1. The number of carbonyl (C=O) groups is 4. The Morgan fingerprint density at radius 2 is 1.86 bits per heavy atom. The number of rotatable bonds is 5. The predicted molar refractivity (Wildman–Crippen MR) is 120 cm³/mol. The fraction of sp³-hybridized carbons (Fsp3) is 0.125. The van der Waals surface area contributed by atoms with Crippen molar-refractivity contribution in [1.82, 2.24) is 15.3 Å². The average Bonchev–Trinajstić information content (AvgIpc) is 3.28. The number of aromatic nitrogens is 2. The Bertz CT molecular complexity index is 1390. The second kappa shape index (κ2) is 9.86. The zero-order chi connectivity index (χ0) is 25.9. The van der Waals surface area contributed by atoms with Gasteiger partial charge in [-0.2, -0.15) is 13.2 Å². The van der Waals surface area contributed by atoms with Crippen LogP contribution in [0.4, 0.5) is 18.9 Å². The minimum absolute atomic E-state index is 0.134. The van der Waals surface area contributed by atoms with Gasteiger partial charge in [0.2, 0.25) is 5.91 Å². The van der Waals surface area contributed by atoms with Gasteiger partial charge in [0.1, 0.15) is 0 Å². The van der Waals surface area contributed by atoms with Crippen molar-refractivity contribution < 1.29 is 37.1 Å². The zero-order valence-electron chi connectivity index (χ0n) is 18.3. The number of aromatic amines is 1. The summed E-state index contributed by atoms with van der Waals surface area (Å²) in [6.45, 7) is 0.563. The van der Waals surface area contributed by atoms with E-state index in [1.807, 2.05) is 6.07 Å². The number of H-pyrrole nitrogens is 1. The summed E-state index contributed by atoms with van der Waals surface area (Å²) >= 11 is 0. The van der Waals surface area contributed by atoms with Gasteiger partial charge in [0.15, 0.2) is 0 Å². The van der Waals surface area contributed by atoms with E-state index in [1.165, 1.54) is 0 Å². The molecule has 9 nitrogen and oxygen atoms in total. The maximum Gasteiger partial charge on any atom is 0.491 e. The van der Waals surface area contributed by atoms with Gasteiger partial charge in [-0.3, -0.25) is 14.6 Å². The number of hydrogen-bond acceptors (Lipinski definition) is 6. The van der Waals surface area contributed by atoms with Crippen molar-refractivity contribution in [1.29, 1.82) is 0 Å². The Balaban J connectivity index is 1.46. The Morgan fingerprint density at radius 3 is 2.61 bits per heavy atom. The van der Waals surface area contributed by atoms with Crippen molar-refractivity contribution in [3.8, 4) is 22.5 Å². The third kappa shape index (κ3) is 5.66. The molecule has 0 unspecified atom stereocenters. The van der Waals surface area contributed by atoms with Crippen molar-refractivity contribution in [2.45, 2.75) is 12.6 Å². The van der Waals surface area contributed by atoms with Crippen LogP contribution in [0.2, 0.25) is 0 Å². The fourth-order valence-corrected chi connectivity index (χ4v) is 3.47. The van der Waals surface area contributed by atoms with Crippen molar-refractivity contribution >= 4 is 29.4 Å². The lowest BCUT2D eigenvalue weighted by atomic mass is 10.1. The Kier molecular flexibility index (Phi) is 6.68. The summed E-state index contributed by atoms with van der Waals surface area (Å²) < 4.78 is 39.9. The van der Waals surface area contributed by atoms with E-state index in [2.05, 4.69) is 25.3 Å². The van der Waals surface area contributed by atoms with Crippen LogP contribution in [0.25, 0.3) is 22.5 Å². The third-order valence-electron chi connectivity index (χ3n) is 5.10. The molecule has 12 heteroatoms. The van der Waals surface area contributed by atoms with Crippen LogP contribution in [-0.4, -0.2) is 46.4 Å². The molecular formula is C24H17F3N4O5. The highest BCUT2D eigenvalue weighted by Gasteiger charge is 2.42. The van der Waals surface area contributed by atoms with Crippen LogP contribution in [-0.2, 0) is 25.5 Å². The third-order valence-corrected chi connectivity index (χ3v) is 5.10. The number of alkyl halides is 3. The summed E-state index contributed by atoms with van der Waals surface area (Å²) in [5.41, 5.74) is 4.54. The summed E-state index contributed by atoms with van der Waals surface area (Å²) in [4.78, 5) is 53.6. The molecule has 2 amide bonds. The molecule has 1 aliphatic heterocycles. The number of nitrogens with one attached hydrogen (secondary N) is 3. The molecule has 0 saturated heterocycles. The van der Waals surface area contributed by atoms with Gasteiger partial charge in [0, 0.05) is 59.5 Å². The summed E-state index contributed by atoms with van der Waals surface area (Å²) in [5.74, 6) is -5.28. The van der Waals surface area contributed by atoms with E-state index < -0.39 is 24.0 Å². The number of ether oxygens (including phenoxy) is 1. The zero-order valence-corrected chi connectivity index (χ0v) is 18.3. The van der Waals surface area contributed by atoms with Gasteiger partial charge in [-0.15, -0.1) is 0 Å². The molecule has 184 valence electrons. The van der Waals surface area contributed by atoms with Gasteiger partial charge in [-0.25, -0.2) is 9.59 Å². The molecular weight excluding hydrogens is 481 g/mol. The molecule has 0 fully saturated rings. The molecule has 0 bridgehead atoms. The first-order valence-electron chi connectivity index (χ1n) is 10.5. The first-order valence-corrected chi connectivity index (χ1v) is 10.5. The molecule has 0 atom stereocenters. The standard InChI is InChI=1S/C24H17F3N4O5/c25-24(26,27)23(35)36-21(33)5-4-20(32)30-15-3-1-2-13(10-15)18-11-14(6-8-28-18)19-12-16-17(31-19)7-9-29-22(16)34/h1-6,8,10-12,31H,7,9H2,(H,29,34)(H,30,32)/b5-4-. The number of nitrogens with zero attached hydrogens (tertiary/aromatic N) is 1. The molecule has 4 rings (SSSR count). The van der Waals surface area contributed by atoms with Crippen LogP contribution < -0.4 is 10.6 Å². The summed E-state index contributed by atoms with van der Waals surface area (Å²) in [6.07, 6.45) is -1.98. The fourth-order valence-electron chi connectivity index (χ4n) is 3.47. The highest BCUT2D eigenvalue weighted by atomic mass is 19.4. The van der Waals surface area contributed by atoms with Crippen LogP contribution in [0.1, 0.15) is 16.1 Å². The van der Waals surface area contributed by atoms with Crippen molar-refractivity contribution in [2.75, 3.05) is 11.9 Å². The normalized spacial score (nSPS) is 13.1. The number of halogens is 3. The number of benzene rings is 1. The predicted octanol–water partition coefficient (Wildman–Crippen LogP) is 3.16. The van der Waals surface area contributed by atoms with E-state index in [4.69, 9.17) is 0 Å². The van der Waals surface area contributed by atoms with E-state index in [9.17, 15) is 32.3 Å². The van der Waals surface area contributed by atoms with E-state index >= 15 is 0 Å². The van der Waals surface area contributed by atoms with Crippen molar-refractivity contribution in [3.05, 3.63) is 72.1 Å². The number of carbonyl (C=O) groups excluding carboxylic acids is 4. The molecule has 0 radical (unpaired) electrons. The molecule has 1 aromatic carbocycles. The number of anilines is 1. The molecule has 3 aromatic rings. The monoisotopic (exact) mass is 498 g/mol. The van der Waals surface area contributed by atoms with Crippen LogP contribution in [0, 0.1) is 0 Å². The Labute approximate surface area is 201 Å². The van der Waals surface area contributed by atoms with Crippen LogP contribution in [0.5, 0.6) is 0 Å². The number of esters is 2. The molecule has 0 spiro atoms. The first kappa shape index (κ1) is 24.4. The van der Waals surface area contributed by atoms with Crippen molar-refractivity contribution in [2.24, 2.45) is 0 Å². The van der Waals surface area contributed by atoms with Gasteiger partial charge in [0.05, 0.1) is 11.3 Å². The number of pyridine rings is 1. The van der Waals surface area contributed by atoms with Gasteiger partial charge in [-0.1, -0.05) is 12.1 Å². The van der Waals surface area contributed by atoms with E-state index in [0.717, 1.165) is 17.0 Å². The molecule has 0 saturated carbocycles. The summed E-state index contributed by atoms with van der Waals surface area (Å²) in [5, 5.41) is 5.25. The van der Waals surface area contributed by atoms with Crippen LogP contribution in [0.15, 0.2) is 60.8 Å². The van der Waals surface area contributed by atoms with Crippen molar-refractivity contribution in [3.63, 3.8) is 0 Å². The molecule has 2 aromatic heterocycles. The molecule has 1 aliphatic rings. The second-order valence-electron chi connectivity index (χ2n) is 7.62. The van der Waals surface area contributed by atoms with E-state index in [0.29, 0.717) is 47.6 Å². The highest BCUT2D eigenvalue weighted by Crippen LogP contribution is 2.28. The van der Waals surface area contributed by atoms with Gasteiger partial charge in [0.25, 0.3) is 5.91 Å². The van der Waals surface area contributed by atoms with Gasteiger partial charge >= 0.3 is 18.1 Å². The highest BCUT2D eigenvalue weighted by molar-refractivity contribution is 6.04. The Hall–Kier alpha value is -4.74. The molecule has 3 N–H and O–H groups in total. The minimum Gasteiger partial charge on any atom is -0.383 e. The Morgan fingerprint density at radius 1 is 1.06 bits per heavy atom. The molecule has 0 aliphatic carbocycles. The lowest BCUT2D eigenvalue weighted by molar-refractivity contribution is -0.200. The SMILES string of the molecule is O=C(/C=C\C(=O)OC(=O)C(F)(F)F)Nc1cccc(-c2cc(-c3cc4c([nH]3)CCNC4=O)ccn2)c1. The maximum atomic E-state index is 12.1. The minimum atomic E-state index is -5.33. The summed E-state index contributed by atoms with van der Waals surface area (Å²) in [7, 11) is 0. The van der Waals surface area contributed by atoms with Gasteiger partial charge < -0.3 is 20.4 Å². The molecule has 3 heterocycles. The van der Waals surface area contributed by atoms with Crippen LogP contribution >= 0.6 is 0 Å². The maximum absolute atomic E-state index is 12.1. The molecule has 36 heavy (non-hydrogen) atoms. The quantitative estimate of drug-likeness (QED) is 0.282. The summed E-state index contributed by atoms with van der Waals surface area (Å²) in [6, 6.07) is 11.9. The number of amides is 2. The second-order valence-corrected chi connectivity index (χ2v) is 7.62. The topological polar surface area (TPSA) is 130 Å². The number of hydrogen-bond donors (Lipinski definition) is 3. The smallest absolute Gasteiger partial charge is 0.383 e. The van der Waals surface area contributed by atoms with Crippen LogP contribution in [0.3, 0.4) is 0 Å². The lowest BCUT2D eigenvalue weighted by Gasteiger charge is -2.11. The van der Waals surface area contributed by atoms with Gasteiger partial charge in [-0.05, 0) is 30.3 Å².